The van der Waals surface area contributed by atoms with Crippen molar-refractivity contribution < 1.29 is 18.7 Å². The number of benzene rings is 2. The lowest BCUT2D eigenvalue weighted by Gasteiger charge is -2.22. The summed E-state index contributed by atoms with van der Waals surface area (Å²) >= 11 is 1.18. The Labute approximate surface area is 250 Å². The summed E-state index contributed by atoms with van der Waals surface area (Å²) in [6.07, 6.45) is -0.201. The Morgan fingerprint density at radius 1 is 1.05 bits per heavy atom. The van der Waals surface area contributed by atoms with Gasteiger partial charge in [0.25, 0.3) is 0 Å². The van der Waals surface area contributed by atoms with Crippen molar-refractivity contribution in [1.82, 2.24) is 15.0 Å². The average Bonchev–Trinajstić information content (AvgIpc) is 3.43. The Bertz CT molecular complexity index is 1620. The minimum absolute atomic E-state index is 0.0723. The molecule has 15 heteroatoms. The molecule has 220 valence electrons. The topological polar surface area (TPSA) is 163 Å². The Morgan fingerprint density at radius 2 is 1.86 bits per heavy atom. The Kier molecular flexibility index (Phi) is 11.2. The molecule has 0 saturated carbocycles. The highest BCUT2D eigenvalue weighted by atomic mass is 32.1. The normalized spacial score (nSPS) is 11.1. The number of nitrogens with one attached hydrogen (secondary N) is 1. The summed E-state index contributed by atoms with van der Waals surface area (Å²) in [7, 11) is 1.56. The number of ether oxygens (including phenoxy) is 2. The van der Waals surface area contributed by atoms with Gasteiger partial charge in [-0.15, -0.1) is 25.4 Å². The van der Waals surface area contributed by atoms with Gasteiger partial charge >= 0.3 is 12.1 Å². The van der Waals surface area contributed by atoms with Gasteiger partial charge in [0.2, 0.25) is 5.95 Å². The van der Waals surface area contributed by atoms with Crippen molar-refractivity contribution in [2.75, 3.05) is 50.2 Å². The summed E-state index contributed by atoms with van der Waals surface area (Å²) in [6.45, 7) is 4.23. The van der Waals surface area contributed by atoms with E-state index in [1.807, 2.05) is 31.2 Å². The second-order valence-electron chi connectivity index (χ2n) is 8.60. The van der Waals surface area contributed by atoms with Gasteiger partial charge in [-0.1, -0.05) is 23.5 Å². The molecule has 2 aromatic carbocycles. The van der Waals surface area contributed by atoms with Crippen LogP contribution >= 0.6 is 11.3 Å². The number of nitriles is 1. The third kappa shape index (κ3) is 9.15. The molecular weight excluding hydrogens is 575 g/mol. The standard InChI is InChI=1S/C28H27FN10O3S/c1-3-39(12-14-42-28-33-26(29)32-27(34-28)31-11-13-41-2)23-9-7-21(8-10-23)35-38-25-20(17-30)16-24(43-25)37-36-22-6-4-5-19(15-22)18-40/h4-10,15-16,18H,3,11-14H2,1-2H3,(H,31,32,33,34). The van der Waals surface area contributed by atoms with Crippen molar-refractivity contribution in [2.45, 2.75) is 6.92 Å². The molecule has 1 N–H and O–H groups in total. The molecule has 0 unspecified atom stereocenters. The zero-order valence-corrected chi connectivity index (χ0v) is 24.2. The number of methoxy groups -OCH3 is 1. The predicted molar refractivity (Wildman–Crippen MR) is 159 cm³/mol. The third-order valence-electron chi connectivity index (χ3n) is 5.71. The summed E-state index contributed by atoms with van der Waals surface area (Å²) in [6, 6.07) is 17.7. The molecule has 0 aliphatic rings. The smallest absolute Gasteiger partial charge is 0.323 e. The quantitative estimate of drug-likeness (QED) is 0.0902. The van der Waals surface area contributed by atoms with Crippen molar-refractivity contribution in [1.29, 1.82) is 5.26 Å². The lowest BCUT2D eigenvalue weighted by atomic mass is 10.2. The van der Waals surface area contributed by atoms with E-state index < -0.39 is 6.08 Å². The Morgan fingerprint density at radius 3 is 2.60 bits per heavy atom. The van der Waals surface area contributed by atoms with Crippen LogP contribution in [0.1, 0.15) is 22.8 Å². The first-order valence-electron chi connectivity index (χ1n) is 13.1. The van der Waals surface area contributed by atoms with E-state index in [0.717, 1.165) is 12.0 Å². The maximum atomic E-state index is 13.8. The minimum Gasteiger partial charge on any atom is -0.461 e. The molecule has 2 aromatic heterocycles. The van der Waals surface area contributed by atoms with E-state index in [1.54, 1.807) is 37.4 Å². The van der Waals surface area contributed by atoms with Crippen molar-refractivity contribution in [2.24, 2.45) is 20.5 Å². The second kappa shape index (κ2) is 15.7. The number of halogens is 1. The van der Waals surface area contributed by atoms with Gasteiger partial charge in [-0.2, -0.15) is 19.6 Å². The van der Waals surface area contributed by atoms with Gasteiger partial charge in [0.1, 0.15) is 24.0 Å². The second-order valence-corrected chi connectivity index (χ2v) is 9.61. The number of rotatable bonds is 15. The van der Waals surface area contributed by atoms with Gasteiger partial charge in [0.05, 0.1) is 30.1 Å². The number of azo groups is 2. The number of anilines is 2. The van der Waals surface area contributed by atoms with E-state index in [4.69, 9.17) is 9.47 Å². The van der Waals surface area contributed by atoms with Crippen molar-refractivity contribution in [3.05, 3.63) is 71.8 Å². The predicted octanol–water partition coefficient (Wildman–Crippen LogP) is 6.55. The molecule has 0 aliphatic heterocycles. The van der Waals surface area contributed by atoms with E-state index >= 15 is 0 Å². The number of aromatic nitrogens is 3. The number of hydrogen-bond acceptors (Lipinski definition) is 14. The molecule has 4 aromatic rings. The SMILES string of the molecule is CCN(CCOc1nc(F)nc(NCCOC)n1)c1ccc(N=Nc2sc(N=Nc3cccc(C=O)c3)cc2C#N)cc1. The first kappa shape index (κ1) is 30.8. The van der Waals surface area contributed by atoms with Gasteiger partial charge in [-0.25, -0.2) is 0 Å². The van der Waals surface area contributed by atoms with Crippen LogP contribution in [0.15, 0.2) is 75.1 Å². The molecule has 0 amide bonds. The molecule has 0 atom stereocenters. The molecule has 0 spiro atoms. The van der Waals surface area contributed by atoms with Gasteiger partial charge in [-0.3, -0.25) is 4.79 Å². The van der Waals surface area contributed by atoms with E-state index in [-0.39, 0.29) is 18.6 Å². The number of nitrogens with zero attached hydrogens (tertiary/aromatic N) is 9. The summed E-state index contributed by atoms with van der Waals surface area (Å²) in [4.78, 5) is 24.3. The van der Waals surface area contributed by atoms with Crippen LogP contribution in [0.2, 0.25) is 0 Å². The lowest BCUT2D eigenvalue weighted by Crippen LogP contribution is -2.28. The van der Waals surface area contributed by atoms with Crippen LogP contribution in [0.25, 0.3) is 0 Å². The van der Waals surface area contributed by atoms with E-state index in [0.29, 0.717) is 58.7 Å². The largest absolute Gasteiger partial charge is 0.461 e. The van der Waals surface area contributed by atoms with Crippen LogP contribution < -0.4 is 15.0 Å². The number of carbonyl (C=O) groups excluding carboxylic acids is 1. The first-order valence-corrected chi connectivity index (χ1v) is 13.9. The highest BCUT2D eigenvalue weighted by Crippen LogP contribution is 2.38. The number of aldehydes is 1. The van der Waals surface area contributed by atoms with Gasteiger partial charge < -0.3 is 19.7 Å². The van der Waals surface area contributed by atoms with E-state index in [9.17, 15) is 14.4 Å². The molecule has 0 saturated heterocycles. The molecule has 0 bridgehead atoms. The van der Waals surface area contributed by atoms with Crippen LogP contribution in [0.5, 0.6) is 6.01 Å². The Balaban J connectivity index is 1.35. The van der Waals surface area contributed by atoms with E-state index in [1.165, 1.54) is 11.3 Å². The van der Waals surface area contributed by atoms with Crippen LogP contribution in [0.4, 0.5) is 37.4 Å². The third-order valence-corrected chi connectivity index (χ3v) is 6.62. The summed E-state index contributed by atoms with van der Waals surface area (Å²) < 4.78 is 24.3. The monoisotopic (exact) mass is 602 g/mol. The van der Waals surface area contributed by atoms with Gasteiger partial charge in [0.15, 0.2) is 5.00 Å². The molecule has 2 heterocycles. The summed E-state index contributed by atoms with van der Waals surface area (Å²) in [5.41, 5.74) is 2.86. The van der Waals surface area contributed by atoms with Crippen molar-refractivity contribution in [3.8, 4) is 12.1 Å². The zero-order valence-electron chi connectivity index (χ0n) is 23.3. The lowest BCUT2D eigenvalue weighted by molar-refractivity contribution is 0.112. The van der Waals surface area contributed by atoms with Crippen LogP contribution in [-0.4, -0.2) is 61.2 Å². The summed E-state index contributed by atoms with van der Waals surface area (Å²) in [5, 5.41) is 30.1. The number of hydrogen-bond donors (Lipinski definition) is 1. The molecule has 0 aliphatic carbocycles. The molecule has 4 rings (SSSR count). The maximum absolute atomic E-state index is 13.8. The average molecular weight is 603 g/mol. The fraction of sp³-hybridized carbons (Fsp3) is 0.250. The highest BCUT2D eigenvalue weighted by molar-refractivity contribution is 7.19. The Hall–Kier alpha value is -5.20. The van der Waals surface area contributed by atoms with Crippen molar-refractivity contribution in [3.63, 3.8) is 0 Å². The molecule has 0 radical (unpaired) electrons. The molecule has 0 fully saturated rings. The fourth-order valence-corrected chi connectivity index (χ4v) is 4.38. The summed E-state index contributed by atoms with van der Waals surface area (Å²) in [5.74, 6) is 0.0723. The van der Waals surface area contributed by atoms with E-state index in [2.05, 4.69) is 51.7 Å². The molecule has 43 heavy (non-hydrogen) atoms. The number of likely N-dealkylation sites (N-methyl/N-ethyl adjacent to an activating group) is 1. The van der Waals surface area contributed by atoms with Gasteiger partial charge in [0, 0.05) is 31.5 Å². The first-order chi connectivity index (χ1) is 21.0. The molecule has 13 nitrogen and oxygen atoms in total. The molecular formula is C28H27FN10O3S. The van der Waals surface area contributed by atoms with Gasteiger partial charge in [-0.05, 0) is 49.4 Å². The van der Waals surface area contributed by atoms with Crippen molar-refractivity contribution >= 4 is 50.6 Å². The minimum atomic E-state index is -0.937. The number of thiophene rings is 1. The maximum Gasteiger partial charge on any atom is 0.323 e. The van der Waals surface area contributed by atoms with Crippen LogP contribution in [-0.2, 0) is 4.74 Å². The zero-order chi connectivity index (χ0) is 30.4. The fourth-order valence-electron chi connectivity index (χ4n) is 3.63. The highest BCUT2D eigenvalue weighted by Gasteiger charge is 2.11. The van der Waals surface area contributed by atoms with Crippen LogP contribution in [0, 0.1) is 17.4 Å². The number of carbonyl (C=O) groups is 1. The van der Waals surface area contributed by atoms with Crippen LogP contribution in [0.3, 0.4) is 0 Å².